The number of aromatic hydroxyl groups is 1. The number of benzene rings is 2. The van der Waals surface area contributed by atoms with Crippen LogP contribution in [0.5, 0.6) is 5.75 Å². The average molecular weight is 378 g/mol. The molecule has 2 aromatic rings. The Morgan fingerprint density at radius 1 is 1.12 bits per heavy atom. The fraction of sp³-hybridized carbons (Fsp3) is 0.300. The zero-order valence-corrected chi connectivity index (χ0v) is 16.2. The van der Waals surface area contributed by atoms with Gasteiger partial charge < -0.3 is 14.6 Å². The predicted molar refractivity (Wildman–Crippen MR) is 107 cm³/mol. The van der Waals surface area contributed by atoms with Crippen LogP contribution in [-0.4, -0.2) is 41.0 Å². The number of fused-ring (bicyclic) bond motifs is 1. The minimum Gasteiger partial charge on any atom is -0.611 e. The highest BCUT2D eigenvalue weighted by Gasteiger charge is 2.25. The van der Waals surface area contributed by atoms with Gasteiger partial charge in [0.2, 0.25) is 0 Å². The van der Waals surface area contributed by atoms with Gasteiger partial charge in [0, 0.05) is 18.5 Å². The molecule has 0 aliphatic carbocycles. The number of nitrogens with zero attached hydrogens (tertiary/aromatic N) is 1. The number of allylic oxidation sites excluding steroid dienone is 1. The summed E-state index contributed by atoms with van der Waals surface area (Å²) >= 11 is -0.961. The third-order valence-electron chi connectivity index (χ3n) is 4.27. The maximum atomic E-state index is 12.6. The van der Waals surface area contributed by atoms with Crippen molar-refractivity contribution in [3.8, 4) is 5.75 Å². The maximum absolute atomic E-state index is 12.6. The van der Waals surface area contributed by atoms with Crippen LogP contribution in [0, 0.1) is 0 Å². The van der Waals surface area contributed by atoms with Crippen molar-refractivity contribution < 1.29 is 9.66 Å². The van der Waals surface area contributed by atoms with Crippen LogP contribution in [0.1, 0.15) is 17.5 Å². The fourth-order valence-electron chi connectivity index (χ4n) is 3.23. The molecule has 0 saturated carbocycles. The Labute approximate surface area is 159 Å². The standard InChI is InChI=1S/C20H23NO2S.ClH/c1-21(2)14-16-10-11-24(23)20-9-4-3-8-18(20)19(16)13-15-6-5-7-17(22)12-15;/h3-9,12,22H,10-11,13-14H2,1-2H3;1H. The summed E-state index contributed by atoms with van der Waals surface area (Å²) < 4.78 is 12.6. The summed E-state index contributed by atoms with van der Waals surface area (Å²) in [5.41, 5.74) is 4.75. The van der Waals surface area contributed by atoms with Gasteiger partial charge in [0.25, 0.3) is 0 Å². The predicted octanol–water partition coefficient (Wildman–Crippen LogP) is 3.88. The zero-order chi connectivity index (χ0) is 17.1. The summed E-state index contributed by atoms with van der Waals surface area (Å²) in [6.07, 6.45) is 1.58. The van der Waals surface area contributed by atoms with Crippen molar-refractivity contribution in [1.82, 2.24) is 4.90 Å². The Bertz CT molecular complexity index is 761. The van der Waals surface area contributed by atoms with E-state index in [1.165, 1.54) is 11.1 Å². The van der Waals surface area contributed by atoms with Gasteiger partial charge in [-0.25, -0.2) is 0 Å². The molecule has 0 saturated heterocycles. The fourth-order valence-corrected chi connectivity index (χ4v) is 4.55. The van der Waals surface area contributed by atoms with Crippen LogP contribution in [0.25, 0.3) is 5.57 Å². The lowest BCUT2D eigenvalue weighted by molar-refractivity contribution is 0.441. The van der Waals surface area contributed by atoms with Crippen LogP contribution in [0.4, 0.5) is 0 Å². The van der Waals surface area contributed by atoms with E-state index in [0.717, 1.165) is 35.4 Å². The molecule has 1 atom stereocenters. The number of hydrogen-bond donors (Lipinski definition) is 1. The molecule has 2 aromatic carbocycles. The molecule has 0 bridgehead atoms. The Balaban J connectivity index is 0.00000225. The summed E-state index contributed by atoms with van der Waals surface area (Å²) in [6, 6.07) is 15.4. The molecule has 3 rings (SSSR count). The van der Waals surface area contributed by atoms with Crippen molar-refractivity contribution in [3.63, 3.8) is 0 Å². The lowest BCUT2D eigenvalue weighted by atomic mass is 9.92. The number of hydrogen-bond acceptors (Lipinski definition) is 3. The molecule has 5 heteroatoms. The molecular formula is C20H24ClNO2S. The molecule has 0 fully saturated rings. The van der Waals surface area contributed by atoms with Gasteiger partial charge >= 0.3 is 0 Å². The maximum Gasteiger partial charge on any atom is 0.160 e. The Morgan fingerprint density at radius 2 is 1.88 bits per heavy atom. The lowest BCUT2D eigenvalue weighted by Crippen LogP contribution is -2.17. The first-order chi connectivity index (χ1) is 11.5. The Morgan fingerprint density at radius 3 is 2.60 bits per heavy atom. The number of phenols is 1. The quantitative estimate of drug-likeness (QED) is 0.822. The first-order valence-corrected chi connectivity index (χ1v) is 9.48. The molecule has 3 nitrogen and oxygen atoms in total. The molecule has 25 heavy (non-hydrogen) atoms. The molecule has 0 amide bonds. The van der Waals surface area contributed by atoms with Crippen molar-refractivity contribution in [1.29, 1.82) is 0 Å². The summed E-state index contributed by atoms with van der Waals surface area (Å²) in [5.74, 6) is 0.955. The molecule has 1 heterocycles. The summed E-state index contributed by atoms with van der Waals surface area (Å²) in [4.78, 5) is 3.09. The molecule has 0 spiro atoms. The number of likely N-dealkylation sites (N-methyl/N-ethyl adjacent to an activating group) is 1. The molecule has 1 aliphatic heterocycles. The van der Waals surface area contributed by atoms with Crippen molar-refractivity contribution in [2.45, 2.75) is 17.7 Å². The molecule has 0 radical (unpaired) electrons. The van der Waals surface area contributed by atoms with Crippen molar-refractivity contribution in [2.24, 2.45) is 0 Å². The number of halogens is 1. The van der Waals surface area contributed by atoms with E-state index >= 15 is 0 Å². The SMILES string of the molecule is CN(C)CC1=C(Cc2cccc(O)c2)c2ccccc2[S+]([O-])CC1.Cl. The van der Waals surface area contributed by atoms with E-state index < -0.39 is 11.2 Å². The van der Waals surface area contributed by atoms with Gasteiger partial charge in [0.05, 0.1) is 0 Å². The van der Waals surface area contributed by atoms with E-state index in [0.29, 0.717) is 5.75 Å². The van der Waals surface area contributed by atoms with Gasteiger partial charge in [-0.1, -0.05) is 24.3 Å². The third-order valence-corrected chi connectivity index (χ3v) is 5.69. The van der Waals surface area contributed by atoms with Crippen molar-refractivity contribution in [2.75, 3.05) is 26.4 Å². The Hall–Kier alpha value is -1.46. The molecule has 1 N–H and O–H groups in total. The highest BCUT2D eigenvalue weighted by molar-refractivity contribution is 7.91. The number of rotatable bonds is 4. The lowest BCUT2D eigenvalue weighted by Gasteiger charge is -2.17. The minimum absolute atomic E-state index is 0. The van der Waals surface area contributed by atoms with Gasteiger partial charge in [-0.15, -0.1) is 12.4 Å². The Kier molecular flexibility index (Phi) is 6.96. The zero-order valence-electron chi connectivity index (χ0n) is 14.6. The van der Waals surface area contributed by atoms with Crippen LogP contribution < -0.4 is 0 Å². The normalized spacial score (nSPS) is 17.0. The second kappa shape index (κ2) is 8.77. The molecule has 0 aromatic heterocycles. The highest BCUT2D eigenvalue weighted by Crippen LogP contribution is 2.35. The largest absolute Gasteiger partial charge is 0.611 e. The molecular weight excluding hydrogens is 354 g/mol. The number of phenolic OH excluding ortho intramolecular Hbond substituents is 1. The van der Waals surface area contributed by atoms with Crippen molar-refractivity contribution in [3.05, 3.63) is 65.2 Å². The van der Waals surface area contributed by atoms with Gasteiger partial charge in [-0.2, -0.15) is 0 Å². The van der Waals surface area contributed by atoms with E-state index in [1.54, 1.807) is 6.07 Å². The highest BCUT2D eigenvalue weighted by atomic mass is 35.5. The van der Waals surface area contributed by atoms with E-state index in [-0.39, 0.29) is 18.2 Å². The van der Waals surface area contributed by atoms with E-state index in [4.69, 9.17) is 0 Å². The average Bonchev–Trinajstić information content (AvgIpc) is 2.67. The van der Waals surface area contributed by atoms with Gasteiger partial charge in [0.1, 0.15) is 11.5 Å². The van der Waals surface area contributed by atoms with Gasteiger partial charge in [-0.05, 0) is 72.7 Å². The summed E-state index contributed by atoms with van der Waals surface area (Å²) in [5, 5.41) is 9.77. The van der Waals surface area contributed by atoms with Gasteiger partial charge in [-0.3, -0.25) is 0 Å². The van der Waals surface area contributed by atoms with Crippen LogP contribution in [0.15, 0.2) is 59.0 Å². The second-order valence-electron chi connectivity index (χ2n) is 6.46. The molecule has 1 aliphatic rings. The van der Waals surface area contributed by atoms with Gasteiger partial charge in [0.15, 0.2) is 4.90 Å². The first-order valence-electron chi connectivity index (χ1n) is 8.16. The van der Waals surface area contributed by atoms with E-state index in [1.807, 2.05) is 36.4 Å². The van der Waals surface area contributed by atoms with E-state index in [2.05, 4.69) is 25.1 Å². The van der Waals surface area contributed by atoms with Crippen LogP contribution in [-0.2, 0) is 17.6 Å². The van der Waals surface area contributed by atoms with Crippen molar-refractivity contribution >= 4 is 29.2 Å². The molecule has 134 valence electrons. The topological polar surface area (TPSA) is 46.5 Å². The summed E-state index contributed by atoms with van der Waals surface area (Å²) in [6.45, 7) is 0.861. The summed E-state index contributed by atoms with van der Waals surface area (Å²) in [7, 11) is 4.12. The van der Waals surface area contributed by atoms with Crippen LogP contribution >= 0.6 is 12.4 Å². The third kappa shape index (κ3) is 4.79. The smallest absolute Gasteiger partial charge is 0.160 e. The minimum atomic E-state index is -0.961. The van der Waals surface area contributed by atoms with Crippen LogP contribution in [0.2, 0.25) is 0 Å². The monoisotopic (exact) mass is 377 g/mol. The molecule has 1 unspecified atom stereocenters. The van der Waals surface area contributed by atoms with Crippen LogP contribution in [0.3, 0.4) is 0 Å². The van der Waals surface area contributed by atoms with E-state index in [9.17, 15) is 9.66 Å². The first kappa shape index (κ1) is 19.9. The second-order valence-corrected chi connectivity index (χ2v) is 8.00.